The molecule has 10 nitrogen and oxygen atoms in total. The van der Waals surface area contributed by atoms with Gasteiger partial charge in [-0.2, -0.15) is 0 Å². The zero-order chi connectivity index (χ0) is 19.6. The highest BCUT2D eigenvalue weighted by molar-refractivity contribution is 7.13. The van der Waals surface area contributed by atoms with E-state index in [4.69, 9.17) is 14.9 Å². The quantitative estimate of drug-likeness (QED) is 0.232. The molecule has 0 radical (unpaired) electrons. The van der Waals surface area contributed by atoms with Crippen LogP contribution in [0.2, 0.25) is 0 Å². The molecule has 27 heavy (non-hydrogen) atoms. The van der Waals surface area contributed by atoms with Crippen molar-refractivity contribution in [1.29, 1.82) is 0 Å². The van der Waals surface area contributed by atoms with Crippen LogP contribution in [0.3, 0.4) is 0 Å². The van der Waals surface area contributed by atoms with Gasteiger partial charge in [0.05, 0.1) is 19.4 Å². The van der Waals surface area contributed by atoms with Crippen molar-refractivity contribution in [3.63, 3.8) is 0 Å². The van der Waals surface area contributed by atoms with Crippen LogP contribution in [0, 0.1) is 0 Å². The molecule has 2 aromatic heterocycles. The first kappa shape index (κ1) is 20.6. The molecule has 1 amide bonds. The molecule has 0 aliphatic carbocycles. The number of aromatic nitrogens is 1. The van der Waals surface area contributed by atoms with E-state index in [1.807, 2.05) is 5.38 Å². The van der Waals surface area contributed by atoms with Gasteiger partial charge in [-0.15, -0.1) is 11.3 Å². The second-order valence-electron chi connectivity index (χ2n) is 5.28. The summed E-state index contributed by atoms with van der Waals surface area (Å²) in [5.74, 6) is 0.194. The normalized spacial score (nSPS) is 12.1. The Balaban J connectivity index is 1.84. The number of amides is 1. The van der Waals surface area contributed by atoms with Crippen LogP contribution >= 0.6 is 11.3 Å². The van der Waals surface area contributed by atoms with Crippen molar-refractivity contribution in [1.82, 2.24) is 15.6 Å². The molecular weight excluding hydrogens is 374 g/mol. The van der Waals surface area contributed by atoms with Gasteiger partial charge >= 0.3 is 5.97 Å². The molecule has 1 unspecified atom stereocenters. The standard InChI is InChI=1S/C16H21N5O5S/c1-10(22)25-7-15(23)19-5-11-3-4-13(26-11)12-8-27-16(21-12)20-9-18-6-14(17)24-2/h3-4,8-9,14H,5-7,17H2,1-2H3,(H,19,23)(H,18,20,21). The third-order valence-electron chi connectivity index (χ3n) is 3.16. The highest BCUT2D eigenvalue weighted by Gasteiger charge is 2.10. The van der Waals surface area contributed by atoms with Crippen molar-refractivity contribution in [2.24, 2.45) is 10.7 Å². The van der Waals surface area contributed by atoms with E-state index in [9.17, 15) is 9.59 Å². The van der Waals surface area contributed by atoms with Crippen LogP contribution in [0.15, 0.2) is 26.9 Å². The molecule has 2 aromatic rings. The summed E-state index contributed by atoms with van der Waals surface area (Å²) in [5.41, 5.74) is 6.23. The molecule has 4 N–H and O–H groups in total. The number of nitrogens with zero attached hydrogens (tertiary/aromatic N) is 2. The Bertz CT molecular complexity index is 788. The molecule has 0 aliphatic heterocycles. The molecule has 0 saturated heterocycles. The molecule has 146 valence electrons. The minimum atomic E-state index is -0.510. The summed E-state index contributed by atoms with van der Waals surface area (Å²) < 4.78 is 15.2. The highest BCUT2D eigenvalue weighted by Crippen LogP contribution is 2.27. The van der Waals surface area contributed by atoms with E-state index in [1.54, 1.807) is 12.1 Å². The van der Waals surface area contributed by atoms with Crippen LogP contribution in [0.4, 0.5) is 5.13 Å². The number of furan rings is 1. The van der Waals surface area contributed by atoms with Gasteiger partial charge in [-0.05, 0) is 12.1 Å². The number of nitrogens with two attached hydrogens (primary N) is 1. The number of thiazole rings is 1. The van der Waals surface area contributed by atoms with Crippen molar-refractivity contribution in [2.45, 2.75) is 19.7 Å². The Morgan fingerprint density at radius 3 is 3.04 bits per heavy atom. The molecule has 2 heterocycles. The van der Waals surface area contributed by atoms with Crippen LogP contribution < -0.4 is 16.4 Å². The maximum absolute atomic E-state index is 11.5. The second kappa shape index (κ2) is 10.4. The first-order valence-corrected chi connectivity index (χ1v) is 8.85. The fourth-order valence-electron chi connectivity index (χ4n) is 1.80. The maximum Gasteiger partial charge on any atom is 0.303 e. The summed E-state index contributed by atoms with van der Waals surface area (Å²) in [6, 6.07) is 3.49. The van der Waals surface area contributed by atoms with E-state index in [1.165, 1.54) is 31.7 Å². The predicted molar refractivity (Wildman–Crippen MR) is 99.4 cm³/mol. The minimum Gasteiger partial charge on any atom is -0.458 e. The van der Waals surface area contributed by atoms with Gasteiger partial charge in [0.25, 0.3) is 5.91 Å². The lowest BCUT2D eigenvalue weighted by Gasteiger charge is -2.07. The largest absolute Gasteiger partial charge is 0.458 e. The Hall–Kier alpha value is -2.76. The van der Waals surface area contributed by atoms with Crippen molar-refractivity contribution < 1.29 is 23.5 Å². The van der Waals surface area contributed by atoms with E-state index in [2.05, 4.69) is 25.3 Å². The van der Waals surface area contributed by atoms with Crippen molar-refractivity contribution in [3.05, 3.63) is 23.3 Å². The van der Waals surface area contributed by atoms with Crippen LogP contribution in [-0.4, -0.2) is 49.7 Å². The van der Waals surface area contributed by atoms with Gasteiger partial charge in [0.15, 0.2) is 12.4 Å². The number of ether oxygens (including phenoxy) is 2. The summed E-state index contributed by atoms with van der Waals surface area (Å²) >= 11 is 1.36. The van der Waals surface area contributed by atoms with Crippen molar-refractivity contribution in [2.75, 3.05) is 20.3 Å². The molecule has 2 rings (SSSR count). The minimum absolute atomic E-state index is 0.179. The zero-order valence-electron chi connectivity index (χ0n) is 14.9. The van der Waals surface area contributed by atoms with Gasteiger partial charge in [0.1, 0.15) is 17.7 Å². The Kier molecular flexibility index (Phi) is 7.92. The number of hydrogen-bond donors (Lipinski definition) is 3. The molecule has 0 aromatic carbocycles. The number of carbonyl (C=O) groups excluding carboxylic acids is 2. The third-order valence-corrected chi connectivity index (χ3v) is 3.91. The Morgan fingerprint density at radius 2 is 2.30 bits per heavy atom. The SMILES string of the molecule is COC(N)CNC=Nc1nc(-c2ccc(CNC(=O)COC(C)=O)o2)cs1. The maximum atomic E-state index is 11.5. The third kappa shape index (κ3) is 7.17. The smallest absolute Gasteiger partial charge is 0.303 e. The molecule has 1 atom stereocenters. The molecular formula is C16H21N5O5S. The van der Waals surface area contributed by atoms with Gasteiger partial charge in [0, 0.05) is 19.4 Å². The number of nitrogens with one attached hydrogen (secondary N) is 2. The van der Waals surface area contributed by atoms with Gasteiger partial charge < -0.3 is 30.3 Å². The lowest BCUT2D eigenvalue weighted by Crippen LogP contribution is -2.34. The lowest BCUT2D eigenvalue weighted by atomic mass is 10.3. The Labute approximate surface area is 159 Å². The van der Waals surface area contributed by atoms with Crippen LogP contribution in [-0.2, 0) is 25.6 Å². The van der Waals surface area contributed by atoms with Crippen molar-refractivity contribution in [3.8, 4) is 11.5 Å². The monoisotopic (exact) mass is 395 g/mol. The molecule has 0 spiro atoms. The van der Waals surface area contributed by atoms with Gasteiger partial charge in [-0.1, -0.05) is 0 Å². The first-order valence-electron chi connectivity index (χ1n) is 7.97. The zero-order valence-corrected chi connectivity index (χ0v) is 15.7. The second-order valence-corrected chi connectivity index (χ2v) is 6.12. The first-order chi connectivity index (χ1) is 13.0. The van der Waals surface area contributed by atoms with Crippen LogP contribution in [0.1, 0.15) is 12.7 Å². The summed E-state index contributed by atoms with van der Waals surface area (Å²) in [7, 11) is 1.53. The fraction of sp³-hybridized carbons (Fsp3) is 0.375. The topological polar surface area (TPSA) is 141 Å². The molecule has 0 aliphatic rings. The summed E-state index contributed by atoms with van der Waals surface area (Å²) in [6.07, 6.45) is 1.10. The van der Waals surface area contributed by atoms with E-state index >= 15 is 0 Å². The van der Waals surface area contributed by atoms with Crippen LogP contribution in [0.25, 0.3) is 11.5 Å². The molecule has 11 heteroatoms. The number of aliphatic imine (C=N–C) groups is 1. The number of methoxy groups -OCH3 is 1. The number of carbonyl (C=O) groups is 2. The van der Waals surface area contributed by atoms with Gasteiger partial charge in [0.2, 0.25) is 5.13 Å². The molecule has 0 bridgehead atoms. The predicted octanol–water partition coefficient (Wildman–Crippen LogP) is 0.763. The highest BCUT2D eigenvalue weighted by atomic mass is 32.1. The van der Waals surface area contributed by atoms with E-state index in [0.29, 0.717) is 28.9 Å². The van der Waals surface area contributed by atoms with Gasteiger partial charge in [-0.3, -0.25) is 9.59 Å². The number of esters is 1. The Morgan fingerprint density at radius 1 is 1.48 bits per heavy atom. The summed E-state index contributed by atoms with van der Waals surface area (Å²) in [5, 5.41) is 7.87. The lowest BCUT2D eigenvalue weighted by molar-refractivity contribution is -0.146. The van der Waals surface area contributed by atoms with Gasteiger partial charge in [-0.25, -0.2) is 9.98 Å². The summed E-state index contributed by atoms with van der Waals surface area (Å²) in [6.45, 7) is 1.53. The molecule has 0 saturated carbocycles. The van der Waals surface area contributed by atoms with Crippen molar-refractivity contribution >= 4 is 34.7 Å². The molecule has 0 fully saturated rings. The van der Waals surface area contributed by atoms with E-state index in [-0.39, 0.29) is 13.2 Å². The summed E-state index contributed by atoms with van der Waals surface area (Å²) in [4.78, 5) is 30.7. The fourth-order valence-corrected chi connectivity index (χ4v) is 2.45. The number of rotatable bonds is 10. The average molecular weight is 395 g/mol. The van der Waals surface area contributed by atoms with Crippen LogP contribution in [0.5, 0.6) is 0 Å². The average Bonchev–Trinajstić information content (AvgIpc) is 3.30. The van der Waals surface area contributed by atoms with E-state index < -0.39 is 18.1 Å². The number of hydrogen-bond acceptors (Lipinski definition) is 9. The van der Waals surface area contributed by atoms with E-state index in [0.717, 1.165) is 0 Å².